The molecule has 20 heavy (non-hydrogen) atoms. The van der Waals surface area contributed by atoms with E-state index in [1.165, 1.54) is 18.5 Å². The minimum atomic E-state index is -3.83. The maximum absolute atomic E-state index is 12.2. The molecular weight excluding hydrogens is 323 g/mol. The number of hydrogen-bond acceptors (Lipinski definition) is 4. The summed E-state index contributed by atoms with van der Waals surface area (Å²) in [5.74, 6) is 0.614. The summed E-state index contributed by atoms with van der Waals surface area (Å²) in [7, 11) is -3.83. The zero-order valence-electron chi connectivity index (χ0n) is 10.8. The third-order valence-electron chi connectivity index (χ3n) is 2.62. The van der Waals surface area contributed by atoms with Gasteiger partial charge in [-0.05, 0) is 19.9 Å². The summed E-state index contributed by atoms with van der Waals surface area (Å²) in [5, 5.41) is 0.222. The Balaban J connectivity index is 2.37. The molecule has 2 heterocycles. The number of aryl methyl sites for hydroxylation is 2. The third-order valence-corrected chi connectivity index (χ3v) is 4.36. The van der Waals surface area contributed by atoms with Gasteiger partial charge in [0, 0.05) is 18.9 Å². The van der Waals surface area contributed by atoms with Crippen LogP contribution >= 0.6 is 23.2 Å². The fourth-order valence-corrected chi connectivity index (χ4v) is 3.05. The average molecular weight is 335 g/mol. The van der Waals surface area contributed by atoms with Gasteiger partial charge in [-0.25, -0.2) is 9.97 Å². The first kappa shape index (κ1) is 15.1. The second kappa shape index (κ2) is 5.59. The number of hydrogen-bond donors (Lipinski definition) is 1. The Bertz CT molecular complexity index is 743. The van der Waals surface area contributed by atoms with Crippen LogP contribution in [0.15, 0.2) is 23.5 Å². The number of imidazole rings is 1. The standard InChI is InChI=1S/C11H12Cl2N4O2S/c1-3-17-6-10(15-7(17)2)20(18,19)16-9-4-8(12)5-14-11(9)13/h4-6,16H,3H2,1-2H3. The van der Waals surface area contributed by atoms with Crippen LogP contribution in [0.2, 0.25) is 10.2 Å². The summed E-state index contributed by atoms with van der Waals surface area (Å²) < 4.78 is 28.5. The van der Waals surface area contributed by atoms with Crippen LogP contribution in [0.1, 0.15) is 12.7 Å². The molecule has 0 aliphatic carbocycles. The summed E-state index contributed by atoms with van der Waals surface area (Å²) in [5.41, 5.74) is 0.114. The summed E-state index contributed by atoms with van der Waals surface area (Å²) in [6.45, 7) is 4.26. The maximum atomic E-state index is 12.2. The molecule has 0 aromatic carbocycles. The predicted molar refractivity (Wildman–Crippen MR) is 77.7 cm³/mol. The van der Waals surface area contributed by atoms with Crippen LogP contribution in [0.4, 0.5) is 5.69 Å². The molecule has 0 spiro atoms. The first-order valence-corrected chi connectivity index (χ1v) is 7.95. The van der Waals surface area contributed by atoms with Crippen molar-refractivity contribution in [1.82, 2.24) is 14.5 Å². The van der Waals surface area contributed by atoms with Crippen molar-refractivity contribution in [1.29, 1.82) is 0 Å². The molecule has 2 aromatic rings. The molecule has 1 N–H and O–H groups in total. The van der Waals surface area contributed by atoms with Gasteiger partial charge >= 0.3 is 0 Å². The van der Waals surface area contributed by atoms with Gasteiger partial charge in [-0.1, -0.05) is 23.2 Å². The number of aromatic nitrogens is 3. The minimum absolute atomic E-state index is 0.0182. The van der Waals surface area contributed by atoms with E-state index in [9.17, 15) is 8.42 Å². The monoisotopic (exact) mass is 334 g/mol. The number of nitrogens with one attached hydrogen (secondary N) is 1. The van der Waals surface area contributed by atoms with Gasteiger partial charge in [0.25, 0.3) is 10.0 Å². The summed E-state index contributed by atoms with van der Waals surface area (Å²) >= 11 is 11.6. The second-order valence-corrected chi connectivity index (χ2v) is 6.43. The molecule has 0 bridgehead atoms. The zero-order valence-corrected chi connectivity index (χ0v) is 13.1. The SMILES string of the molecule is CCn1cc(S(=O)(=O)Nc2cc(Cl)cnc2Cl)nc1C. The van der Waals surface area contributed by atoms with E-state index in [0.29, 0.717) is 12.4 Å². The van der Waals surface area contributed by atoms with E-state index < -0.39 is 10.0 Å². The second-order valence-electron chi connectivity index (χ2n) is 4.01. The first-order valence-electron chi connectivity index (χ1n) is 5.71. The van der Waals surface area contributed by atoms with Crippen LogP contribution < -0.4 is 4.72 Å². The Labute approximate surface area is 126 Å². The lowest BCUT2D eigenvalue weighted by atomic mass is 10.4. The minimum Gasteiger partial charge on any atom is -0.334 e. The van der Waals surface area contributed by atoms with Crippen LogP contribution in [-0.4, -0.2) is 23.0 Å². The van der Waals surface area contributed by atoms with Gasteiger partial charge in [0.05, 0.1) is 10.7 Å². The highest BCUT2D eigenvalue weighted by Gasteiger charge is 2.20. The molecule has 0 aliphatic heterocycles. The Kier molecular flexibility index (Phi) is 4.22. The Morgan fingerprint density at radius 3 is 2.70 bits per heavy atom. The predicted octanol–water partition coefficient (Wildman–Crippen LogP) is 2.71. The quantitative estimate of drug-likeness (QED) is 0.872. The lowest BCUT2D eigenvalue weighted by molar-refractivity contribution is 0.598. The van der Waals surface area contributed by atoms with E-state index in [2.05, 4.69) is 14.7 Å². The molecule has 108 valence electrons. The Morgan fingerprint density at radius 2 is 2.10 bits per heavy atom. The zero-order chi connectivity index (χ0) is 14.9. The highest BCUT2D eigenvalue weighted by molar-refractivity contribution is 7.92. The van der Waals surface area contributed by atoms with E-state index >= 15 is 0 Å². The maximum Gasteiger partial charge on any atom is 0.281 e. The van der Waals surface area contributed by atoms with E-state index in [1.54, 1.807) is 11.5 Å². The van der Waals surface area contributed by atoms with Crippen LogP contribution in [0.25, 0.3) is 0 Å². The van der Waals surface area contributed by atoms with Gasteiger partial charge in [0.2, 0.25) is 0 Å². The highest BCUT2D eigenvalue weighted by atomic mass is 35.5. The molecule has 2 rings (SSSR count). The molecule has 6 nitrogen and oxygen atoms in total. The number of sulfonamides is 1. The first-order chi connectivity index (χ1) is 9.33. The van der Waals surface area contributed by atoms with Gasteiger partial charge in [0.1, 0.15) is 5.82 Å². The van der Waals surface area contributed by atoms with Gasteiger partial charge in [0.15, 0.2) is 10.2 Å². The lowest BCUT2D eigenvalue weighted by Crippen LogP contribution is -2.14. The van der Waals surface area contributed by atoms with Crippen molar-refractivity contribution in [3.05, 3.63) is 34.5 Å². The van der Waals surface area contributed by atoms with E-state index in [-0.39, 0.29) is 20.9 Å². The van der Waals surface area contributed by atoms with Crippen molar-refractivity contribution < 1.29 is 8.42 Å². The van der Waals surface area contributed by atoms with E-state index in [0.717, 1.165) is 0 Å². The average Bonchev–Trinajstić information content (AvgIpc) is 2.76. The van der Waals surface area contributed by atoms with Crippen molar-refractivity contribution in [3.8, 4) is 0 Å². The Hall–Kier alpha value is -1.31. The number of anilines is 1. The molecule has 0 atom stereocenters. The molecule has 0 unspecified atom stereocenters. The Morgan fingerprint density at radius 1 is 1.40 bits per heavy atom. The van der Waals surface area contributed by atoms with Crippen molar-refractivity contribution in [2.75, 3.05) is 4.72 Å². The van der Waals surface area contributed by atoms with Crippen LogP contribution in [0.5, 0.6) is 0 Å². The van der Waals surface area contributed by atoms with Crippen LogP contribution in [-0.2, 0) is 16.6 Å². The summed E-state index contributed by atoms with van der Waals surface area (Å²) in [6.07, 6.45) is 2.79. The smallest absolute Gasteiger partial charge is 0.281 e. The molecule has 0 fully saturated rings. The van der Waals surface area contributed by atoms with Gasteiger partial charge in [-0.3, -0.25) is 4.72 Å². The molecule has 0 amide bonds. The molecular formula is C11H12Cl2N4O2S. The third kappa shape index (κ3) is 3.05. The van der Waals surface area contributed by atoms with Gasteiger partial charge < -0.3 is 4.57 Å². The summed E-state index contributed by atoms with van der Waals surface area (Å²) in [6, 6.07) is 1.39. The number of halogens is 2. The number of nitrogens with zero attached hydrogens (tertiary/aromatic N) is 3. The van der Waals surface area contributed by atoms with Crippen molar-refractivity contribution >= 4 is 38.9 Å². The molecule has 2 aromatic heterocycles. The normalized spacial score (nSPS) is 11.6. The highest BCUT2D eigenvalue weighted by Crippen LogP contribution is 2.25. The van der Waals surface area contributed by atoms with Crippen LogP contribution in [0.3, 0.4) is 0 Å². The number of pyridine rings is 1. The fraction of sp³-hybridized carbons (Fsp3) is 0.273. The van der Waals surface area contributed by atoms with Crippen molar-refractivity contribution in [3.63, 3.8) is 0 Å². The topological polar surface area (TPSA) is 76.9 Å². The van der Waals surface area contributed by atoms with Gasteiger partial charge in [-0.2, -0.15) is 8.42 Å². The molecule has 0 saturated heterocycles. The largest absolute Gasteiger partial charge is 0.334 e. The lowest BCUT2D eigenvalue weighted by Gasteiger charge is -2.07. The summed E-state index contributed by atoms with van der Waals surface area (Å²) in [4.78, 5) is 7.79. The molecule has 0 saturated carbocycles. The molecule has 0 radical (unpaired) electrons. The molecule has 9 heteroatoms. The van der Waals surface area contributed by atoms with Crippen molar-refractivity contribution in [2.45, 2.75) is 25.4 Å². The van der Waals surface area contributed by atoms with Gasteiger partial charge in [-0.15, -0.1) is 0 Å². The molecule has 0 aliphatic rings. The van der Waals surface area contributed by atoms with Crippen LogP contribution in [0, 0.1) is 6.92 Å². The number of rotatable bonds is 4. The van der Waals surface area contributed by atoms with E-state index in [4.69, 9.17) is 23.2 Å². The fourth-order valence-electron chi connectivity index (χ4n) is 1.62. The van der Waals surface area contributed by atoms with E-state index in [1.807, 2.05) is 6.92 Å². The van der Waals surface area contributed by atoms with Crippen molar-refractivity contribution in [2.24, 2.45) is 0 Å².